The Bertz CT molecular complexity index is 608. The molecule has 23 heavy (non-hydrogen) atoms. The van der Waals surface area contributed by atoms with Crippen LogP contribution in [0.25, 0.3) is 10.2 Å². The molecule has 1 N–H and O–H groups in total. The summed E-state index contributed by atoms with van der Waals surface area (Å²) < 4.78 is 6.27. The van der Waals surface area contributed by atoms with Gasteiger partial charge in [-0.1, -0.05) is 12.1 Å². The number of nitrogens with one attached hydrogen (secondary N) is 1. The standard InChI is InChI=1S/C16H21N3O2S.BrH/c1-2-21-16(20)19-9-7-12(8-10-19)17-11-15-18-13-5-3-4-6-14(13)22-15;/h3-6,12,17H,2,7-11H2,1H3;1H. The van der Waals surface area contributed by atoms with Gasteiger partial charge in [0.05, 0.1) is 16.8 Å². The summed E-state index contributed by atoms with van der Waals surface area (Å²) in [5.74, 6) is 0. The van der Waals surface area contributed by atoms with Crippen LogP contribution < -0.4 is 5.32 Å². The first-order chi connectivity index (χ1) is 10.8. The van der Waals surface area contributed by atoms with Crippen LogP contribution in [0, 0.1) is 0 Å². The van der Waals surface area contributed by atoms with Crippen molar-refractivity contribution in [1.29, 1.82) is 0 Å². The van der Waals surface area contributed by atoms with Gasteiger partial charge in [0.1, 0.15) is 5.01 Å². The Balaban J connectivity index is 0.00000192. The summed E-state index contributed by atoms with van der Waals surface area (Å²) in [6.45, 7) is 4.59. The smallest absolute Gasteiger partial charge is 0.409 e. The predicted molar refractivity (Wildman–Crippen MR) is 98.4 cm³/mol. The number of aromatic nitrogens is 1. The second kappa shape index (κ2) is 8.61. The highest BCUT2D eigenvalue weighted by Crippen LogP contribution is 2.21. The van der Waals surface area contributed by atoms with Gasteiger partial charge in [0.25, 0.3) is 0 Å². The third kappa shape index (κ3) is 4.65. The number of benzene rings is 1. The van der Waals surface area contributed by atoms with E-state index < -0.39 is 0 Å². The lowest BCUT2D eigenvalue weighted by molar-refractivity contribution is 0.0950. The topological polar surface area (TPSA) is 54.5 Å². The highest BCUT2D eigenvalue weighted by atomic mass is 79.9. The van der Waals surface area contributed by atoms with E-state index in [1.165, 1.54) is 4.70 Å². The van der Waals surface area contributed by atoms with E-state index in [0.717, 1.165) is 43.0 Å². The first-order valence-electron chi connectivity index (χ1n) is 7.76. The number of fused-ring (bicyclic) bond motifs is 1. The largest absolute Gasteiger partial charge is 0.450 e. The second-order valence-corrected chi connectivity index (χ2v) is 6.53. The van der Waals surface area contributed by atoms with Crippen molar-refractivity contribution >= 4 is 44.6 Å². The Labute approximate surface area is 150 Å². The number of ether oxygens (including phenoxy) is 1. The van der Waals surface area contributed by atoms with Crippen LogP contribution in [-0.2, 0) is 11.3 Å². The lowest BCUT2D eigenvalue weighted by atomic mass is 10.1. The average molecular weight is 400 g/mol. The van der Waals surface area contributed by atoms with Gasteiger partial charge in [-0.25, -0.2) is 9.78 Å². The molecule has 0 spiro atoms. The molecular weight excluding hydrogens is 378 g/mol. The van der Waals surface area contributed by atoms with Crippen molar-refractivity contribution in [3.63, 3.8) is 0 Å². The number of amides is 1. The molecule has 5 nitrogen and oxygen atoms in total. The molecule has 0 atom stereocenters. The number of piperidine rings is 1. The Morgan fingerprint density at radius 3 is 2.83 bits per heavy atom. The summed E-state index contributed by atoms with van der Waals surface area (Å²) in [5.41, 5.74) is 1.07. The zero-order valence-electron chi connectivity index (χ0n) is 13.2. The van der Waals surface area contributed by atoms with Crippen LogP contribution in [0.2, 0.25) is 0 Å². The SMILES string of the molecule is Br.CCOC(=O)N1CCC(NCc2nc3ccccc3s2)CC1. The molecule has 0 aliphatic carbocycles. The summed E-state index contributed by atoms with van der Waals surface area (Å²) >= 11 is 1.74. The normalized spacial score (nSPS) is 15.4. The number of likely N-dealkylation sites (tertiary alicyclic amines) is 1. The lowest BCUT2D eigenvalue weighted by Gasteiger charge is -2.31. The third-order valence-corrected chi connectivity index (χ3v) is 4.94. The van der Waals surface area contributed by atoms with Crippen molar-refractivity contribution < 1.29 is 9.53 Å². The molecule has 1 amide bonds. The second-order valence-electron chi connectivity index (χ2n) is 5.42. The predicted octanol–water partition coefficient (Wildman–Crippen LogP) is 3.58. The van der Waals surface area contributed by atoms with E-state index >= 15 is 0 Å². The highest BCUT2D eigenvalue weighted by molar-refractivity contribution is 8.93. The summed E-state index contributed by atoms with van der Waals surface area (Å²) in [7, 11) is 0. The fourth-order valence-corrected chi connectivity index (χ4v) is 3.63. The van der Waals surface area contributed by atoms with Crippen molar-refractivity contribution in [1.82, 2.24) is 15.2 Å². The monoisotopic (exact) mass is 399 g/mol. The van der Waals surface area contributed by atoms with Crippen molar-refractivity contribution in [2.75, 3.05) is 19.7 Å². The molecule has 2 heterocycles. The molecule has 3 rings (SSSR count). The summed E-state index contributed by atoms with van der Waals surface area (Å²) in [6.07, 6.45) is 1.74. The maximum Gasteiger partial charge on any atom is 0.409 e. The molecule has 126 valence electrons. The Morgan fingerprint density at radius 2 is 2.13 bits per heavy atom. The molecule has 0 radical (unpaired) electrons. The van der Waals surface area contributed by atoms with E-state index in [1.54, 1.807) is 16.2 Å². The van der Waals surface area contributed by atoms with Crippen LogP contribution in [0.15, 0.2) is 24.3 Å². The first kappa shape index (κ1) is 18.2. The molecule has 0 bridgehead atoms. The van der Waals surface area contributed by atoms with Gasteiger partial charge < -0.3 is 15.0 Å². The molecule has 1 aliphatic rings. The molecule has 1 fully saturated rings. The molecule has 1 aromatic heterocycles. The zero-order valence-corrected chi connectivity index (χ0v) is 15.7. The summed E-state index contributed by atoms with van der Waals surface area (Å²) in [4.78, 5) is 18.1. The molecule has 1 aliphatic heterocycles. The number of carbonyl (C=O) groups excluding carboxylic acids is 1. The maximum absolute atomic E-state index is 11.7. The molecule has 7 heteroatoms. The van der Waals surface area contributed by atoms with E-state index in [1.807, 2.05) is 25.1 Å². The van der Waals surface area contributed by atoms with Crippen molar-refractivity contribution in [3.05, 3.63) is 29.3 Å². The van der Waals surface area contributed by atoms with Crippen LogP contribution in [0.4, 0.5) is 4.79 Å². The minimum atomic E-state index is -0.188. The number of carbonyl (C=O) groups is 1. The maximum atomic E-state index is 11.7. The fraction of sp³-hybridized carbons (Fsp3) is 0.500. The van der Waals surface area contributed by atoms with Gasteiger partial charge >= 0.3 is 6.09 Å². The van der Waals surface area contributed by atoms with E-state index in [2.05, 4.69) is 16.4 Å². The molecule has 1 aromatic carbocycles. The number of halogens is 1. The van der Waals surface area contributed by atoms with E-state index in [0.29, 0.717) is 12.6 Å². The summed E-state index contributed by atoms with van der Waals surface area (Å²) in [6, 6.07) is 8.66. The van der Waals surface area contributed by atoms with Gasteiger partial charge in [0.2, 0.25) is 0 Å². The van der Waals surface area contributed by atoms with Crippen LogP contribution in [0.5, 0.6) is 0 Å². The fourth-order valence-electron chi connectivity index (χ4n) is 2.71. The number of para-hydroxylation sites is 1. The van der Waals surface area contributed by atoms with Crippen LogP contribution in [-0.4, -0.2) is 41.7 Å². The van der Waals surface area contributed by atoms with Crippen molar-refractivity contribution in [2.45, 2.75) is 32.4 Å². The lowest BCUT2D eigenvalue weighted by Crippen LogP contribution is -2.44. The van der Waals surface area contributed by atoms with Gasteiger partial charge in [-0.3, -0.25) is 0 Å². The molecule has 0 saturated carbocycles. The average Bonchev–Trinajstić information content (AvgIpc) is 2.96. The van der Waals surface area contributed by atoms with E-state index in [-0.39, 0.29) is 23.1 Å². The molecule has 0 unspecified atom stereocenters. The Morgan fingerprint density at radius 1 is 1.39 bits per heavy atom. The number of hydrogen-bond acceptors (Lipinski definition) is 5. The van der Waals surface area contributed by atoms with Gasteiger partial charge in [-0.2, -0.15) is 0 Å². The van der Waals surface area contributed by atoms with Crippen molar-refractivity contribution in [3.8, 4) is 0 Å². The number of nitrogens with zero attached hydrogens (tertiary/aromatic N) is 2. The minimum absolute atomic E-state index is 0. The Kier molecular flexibility index (Phi) is 6.80. The van der Waals surface area contributed by atoms with Crippen LogP contribution >= 0.6 is 28.3 Å². The molecule has 2 aromatic rings. The van der Waals surface area contributed by atoms with E-state index in [9.17, 15) is 4.79 Å². The number of hydrogen-bond donors (Lipinski definition) is 1. The van der Waals surface area contributed by atoms with E-state index in [4.69, 9.17) is 4.74 Å². The van der Waals surface area contributed by atoms with Crippen LogP contribution in [0.1, 0.15) is 24.8 Å². The van der Waals surface area contributed by atoms with Gasteiger partial charge in [0, 0.05) is 25.7 Å². The Hall–Kier alpha value is -1.18. The molecule has 1 saturated heterocycles. The number of thiazole rings is 1. The van der Waals surface area contributed by atoms with Crippen LogP contribution in [0.3, 0.4) is 0 Å². The van der Waals surface area contributed by atoms with Gasteiger partial charge in [0.15, 0.2) is 0 Å². The summed E-state index contributed by atoms with van der Waals surface area (Å²) in [5, 5.41) is 4.68. The number of rotatable bonds is 4. The van der Waals surface area contributed by atoms with Gasteiger partial charge in [-0.05, 0) is 31.9 Å². The molecular formula is C16H22BrN3O2S. The van der Waals surface area contributed by atoms with Gasteiger partial charge in [-0.15, -0.1) is 28.3 Å². The first-order valence-corrected chi connectivity index (χ1v) is 8.57. The quantitative estimate of drug-likeness (QED) is 0.853. The third-order valence-electron chi connectivity index (χ3n) is 3.90. The van der Waals surface area contributed by atoms with Crippen molar-refractivity contribution in [2.24, 2.45) is 0 Å². The zero-order chi connectivity index (χ0) is 15.4. The highest BCUT2D eigenvalue weighted by Gasteiger charge is 2.23. The minimum Gasteiger partial charge on any atom is -0.450 e.